The van der Waals surface area contributed by atoms with Crippen LogP contribution in [-0.2, 0) is 9.53 Å². The number of aryl methyl sites for hydroxylation is 1. The Morgan fingerprint density at radius 2 is 1.53 bits per heavy atom. The van der Waals surface area contributed by atoms with E-state index in [1.165, 1.54) is 13.2 Å². The highest BCUT2D eigenvalue weighted by Crippen LogP contribution is 2.29. The van der Waals surface area contributed by atoms with Gasteiger partial charge in [-0.1, -0.05) is 66.2 Å². The van der Waals surface area contributed by atoms with Gasteiger partial charge in [-0.05, 0) is 79.8 Å². The summed E-state index contributed by atoms with van der Waals surface area (Å²) in [5.74, 6) is -0.180. The topological polar surface area (TPSA) is 84.9 Å². The van der Waals surface area contributed by atoms with E-state index in [0.29, 0.717) is 34.9 Å². The molecule has 0 bridgehead atoms. The molecule has 7 heteroatoms. The molecule has 0 unspecified atom stereocenters. The van der Waals surface area contributed by atoms with Gasteiger partial charge in [0.15, 0.2) is 0 Å². The zero-order chi connectivity index (χ0) is 30.6. The molecule has 0 atom stereocenters. The van der Waals surface area contributed by atoms with Crippen LogP contribution < -0.4 is 15.0 Å². The average Bonchev–Trinajstić information content (AvgIpc) is 3.04. The Hall–Kier alpha value is -5.17. The molecule has 0 aromatic heterocycles. The Labute approximate surface area is 252 Å². The van der Waals surface area contributed by atoms with Crippen LogP contribution in [0.25, 0.3) is 11.1 Å². The third kappa shape index (κ3) is 8.42. The van der Waals surface area contributed by atoms with Gasteiger partial charge in [-0.2, -0.15) is 0 Å². The van der Waals surface area contributed by atoms with Crippen LogP contribution >= 0.6 is 0 Å². The van der Waals surface area contributed by atoms with Crippen LogP contribution in [0, 0.1) is 6.92 Å². The van der Waals surface area contributed by atoms with Crippen molar-refractivity contribution < 1.29 is 23.9 Å². The summed E-state index contributed by atoms with van der Waals surface area (Å²) in [6.45, 7) is 2.51. The SMILES string of the molecule is COC(=O)/C=C/CCCCOc1ccccc1N(C)C(=O)c1ccc(NC(=O)c2ccccc2-c2ccc(C)cc2)cc1. The summed E-state index contributed by atoms with van der Waals surface area (Å²) >= 11 is 0. The minimum absolute atomic E-state index is 0.202. The second kappa shape index (κ2) is 15.2. The fourth-order valence-electron chi connectivity index (χ4n) is 4.51. The summed E-state index contributed by atoms with van der Waals surface area (Å²) in [7, 11) is 3.06. The zero-order valence-corrected chi connectivity index (χ0v) is 24.7. The Morgan fingerprint density at radius 3 is 2.28 bits per heavy atom. The molecule has 0 aliphatic rings. The van der Waals surface area contributed by atoms with Gasteiger partial charge in [0, 0.05) is 29.9 Å². The lowest BCUT2D eigenvalue weighted by molar-refractivity contribution is -0.134. The van der Waals surface area contributed by atoms with Gasteiger partial charge in [0.05, 0.1) is 19.4 Å². The van der Waals surface area contributed by atoms with Gasteiger partial charge in [0.2, 0.25) is 0 Å². The molecule has 43 heavy (non-hydrogen) atoms. The number of ether oxygens (including phenoxy) is 2. The summed E-state index contributed by atoms with van der Waals surface area (Å²) in [6.07, 6.45) is 5.59. The summed E-state index contributed by atoms with van der Waals surface area (Å²) < 4.78 is 10.6. The summed E-state index contributed by atoms with van der Waals surface area (Å²) in [5.41, 5.74) is 5.27. The number of nitrogens with zero attached hydrogens (tertiary/aromatic N) is 1. The molecule has 7 nitrogen and oxygen atoms in total. The number of unbranched alkanes of at least 4 members (excludes halogenated alkanes) is 2. The molecule has 4 aromatic rings. The lowest BCUT2D eigenvalue weighted by atomic mass is 9.98. The first-order valence-electron chi connectivity index (χ1n) is 14.2. The fourth-order valence-corrected chi connectivity index (χ4v) is 4.51. The molecule has 0 aliphatic carbocycles. The minimum Gasteiger partial charge on any atom is -0.491 e. The molecule has 0 radical (unpaired) electrons. The quantitative estimate of drug-likeness (QED) is 0.107. The highest BCUT2D eigenvalue weighted by Gasteiger charge is 2.18. The molecule has 4 rings (SSSR count). The van der Waals surface area contributed by atoms with Gasteiger partial charge in [-0.3, -0.25) is 9.59 Å². The number of nitrogens with one attached hydrogen (secondary N) is 1. The second-order valence-electron chi connectivity index (χ2n) is 10.0. The number of methoxy groups -OCH3 is 1. The van der Waals surface area contributed by atoms with Crippen molar-refractivity contribution in [2.75, 3.05) is 31.0 Å². The van der Waals surface area contributed by atoms with Gasteiger partial charge < -0.3 is 19.7 Å². The number of carbonyl (C=O) groups is 3. The predicted octanol–water partition coefficient (Wildman–Crippen LogP) is 7.47. The van der Waals surface area contributed by atoms with E-state index in [9.17, 15) is 14.4 Å². The molecule has 0 saturated heterocycles. The van der Waals surface area contributed by atoms with Crippen molar-refractivity contribution in [3.8, 4) is 16.9 Å². The van der Waals surface area contributed by atoms with Crippen molar-refractivity contribution in [3.63, 3.8) is 0 Å². The molecule has 0 fully saturated rings. The highest BCUT2D eigenvalue weighted by molar-refractivity contribution is 6.09. The Bertz CT molecular complexity index is 1580. The Balaban J connectivity index is 1.37. The Morgan fingerprint density at radius 1 is 0.837 bits per heavy atom. The lowest BCUT2D eigenvalue weighted by Gasteiger charge is -2.21. The minimum atomic E-state index is -0.364. The maximum absolute atomic E-state index is 13.3. The lowest BCUT2D eigenvalue weighted by Crippen LogP contribution is -2.26. The van der Waals surface area contributed by atoms with Gasteiger partial charge >= 0.3 is 5.97 Å². The van der Waals surface area contributed by atoms with Crippen LogP contribution in [0.4, 0.5) is 11.4 Å². The smallest absolute Gasteiger partial charge is 0.330 e. The molecule has 0 heterocycles. The fraction of sp³-hybridized carbons (Fsp3) is 0.194. The highest BCUT2D eigenvalue weighted by atomic mass is 16.5. The molecular weight excluding hydrogens is 540 g/mol. The number of allylic oxidation sites excluding steroid dienone is 1. The number of benzene rings is 4. The van der Waals surface area contributed by atoms with Gasteiger partial charge in [-0.15, -0.1) is 0 Å². The van der Waals surface area contributed by atoms with E-state index in [1.54, 1.807) is 48.4 Å². The molecule has 0 saturated carbocycles. The van der Waals surface area contributed by atoms with E-state index >= 15 is 0 Å². The normalized spacial score (nSPS) is 10.8. The van der Waals surface area contributed by atoms with Crippen LogP contribution in [0.3, 0.4) is 0 Å². The van der Waals surface area contributed by atoms with Gasteiger partial charge in [0.1, 0.15) is 5.75 Å². The number of carbonyl (C=O) groups excluding carboxylic acids is 3. The van der Waals surface area contributed by atoms with Crippen molar-refractivity contribution in [1.29, 1.82) is 0 Å². The second-order valence-corrected chi connectivity index (χ2v) is 10.0. The van der Waals surface area contributed by atoms with Crippen LogP contribution in [0.1, 0.15) is 45.5 Å². The molecule has 0 aliphatic heterocycles. The van der Waals surface area contributed by atoms with E-state index < -0.39 is 0 Å². The van der Waals surface area contributed by atoms with Crippen LogP contribution in [0.5, 0.6) is 5.75 Å². The predicted molar refractivity (Wildman–Crippen MR) is 171 cm³/mol. The maximum atomic E-state index is 13.3. The number of hydrogen-bond donors (Lipinski definition) is 1. The zero-order valence-electron chi connectivity index (χ0n) is 24.7. The number of anilines is 2. The van der Waals surface area contributed by atoms with Crippen molar-refractivity contribution in [1.82, 2.24) is 0 Å². The first-order chi connectivity index (χ1) is 20.9. The number of esters is 1. The van der Waals surface area contributed by atoms with Crippen LogP contribution in [-0.4, -0.2) is 38.5 Å². The first-order valence-corrected chi connectivity index (χ1v) is 14.2. The van der Waals surface area contributed by atoms with Crippen molar-refractivity contribution in [2.45, 2.75) is 26.2 Å². The summed E-state index contributed by atoms with van der Waals surface area (Å²) in [6, 6.07) is 29.8. The number of amides is 2. The van der Waals surface area contributed by atoms with E-state index in [0.717, 1.165) is 36.0 Å². The van der Waals surface area contributed by atoms with Gasteiger partial charge in [-0.25, -0.2) is 4.79 Å². The third-order valence-electron chi connectivity index (χ3n) is 6.93. The van der Waals surface area contributed by atoms with Crippen LogP contribution in [0.15, 0.2) is 109 Å². The standard InChI is InChI=1S/C36H36N2O5/c1-26-17-19-27(20-18-26)30-12-7-8-13-31(30)35(40)37-29-23-21-28(22-24-29)36(41)38(2)32-14-9-10-15-33(32)43-25-11-5-4-6-16-34(39)42-3/h6-10,12-24H,4-5,11,25H2,1-3H3,(H,37,40)/b16-6+. The summed E-state index contributed by atoms with van der Waals surface area (Å²) in [5, 5.41) is 2.95. The molecule has 0 spiro atoms. The Kier molecular flexibility index (Phi) is 10.9. The van der Waals surface area contributed by atoms with Crippen molar-refractivity contribution in [3.05, 3.63) is 126 Å². The number of rotatable bonds is 12. The summed E-state index contributed by atoms with van der Waals surface area (Å²) in [4.78, 5) is 39.2. The molecular formula is C36H36N2O5. The molecule has 4 aromatic carbocycles. The monoisotopic (exact) mass is 576 g/mol. The van der Waals surface area contributed by atoms with Crippen molar-refractivity contribution in [2.24, 2.45) is 0 Å². The average molecular weight is 577 g/mol. The molecule has 1 N–H and O–H groups in total. The van der Waals surface area contributed by atoms with Crippen molar-refractivity contribution >= 4 is 29.2 Å². The van der Waals surface area contributed by atoms with Gasteiger partial charge in [0.25, 0.3) is 11.8 Å². The largest absolute Gasteiger partial charge is 0.491 e. The maximum Gasteiger partial charge on any atom is 0.330 e. The third-order valence-corrected chi connectivity index (χ3v) is 6.93. The molecule has 220 valence electrons. The van der Waals surface area contributed by atoms with E-state index in [-0.39, 0.29) is 17.8 Å². The van der Waals surface area contributed by atoms with E-state index in [4.69, 9.17) is 4.74 Å². The first kappa shape index (κ1) is 30.8. The van der Waals surface area contributed by atoms with Crippen LogP contribution in [0.2, 0.25) is 0 Å². The van der Waals surface area contributed by atoms with E-state index in [2.05, 4.69) is 10.1 Å². The van der Waals surface area contributed by atoms with E-state index in [1.807, 2.05) is 73.7 Å². The number of hydrogen-bond acceptors (Lipinski definition) is 5. The molecule has 2 amide bonds. The number of para-hydroxylation sites is 2.